The molecule has 7 heteroatoms. The normalized spacial score (nSPS) is 15.4. The van der Waals surface area contributed by atoms with Gasteiger partial charge in [0.1, 0.15) is 5.41 Å². The van der Waals surface area contributed by atoms with Crippen LogP contribution in [0.5, 0.6) is 0 Å². The summed E-state index contributed by atoms with van der Waals surface area (Å²) < 4.78 is 39.7. The van der Waals surface area contributed by atoms with E-state index in [1.54, 1.807) is 0 Å². The van der Waals surface area contributed by atoms with Crippen molar-refractivity contribution in [3.63, 3.8) is 0 Å². The lowest BCUT2D eigenvalue weighted by molar-refractivity contribution is -0.134. The average Bonchev–Trinajstić information content (AvgIpc) is 3.29. The van der Waals surface area contributed by atoms with E-state index in [4.69, 9.17) is 0 Å². The molecule has 1 saturated carbocycles. The van der Waals surface area contributed by atoms with Gasteiger partial charge in [-0.2, -0.15) is 0 Å². The van der Waals surface area contributed by atoms with Crippen LogP contribution in [0, 0.1) is 28.8 Å². The number of carbonyl (C=O) groups is 2. The number of hydrogen-bond acceptors (Lipinski definition) is 2. The molecule has 2 rings (SSSR count). The fraction of sp³-hybridized carbons (Fsp3) is 0.500. The van der Waals surface area contributed by atoms with E-state index in [0.29, 0.717) is 25.3 Å². The molecule has 1 aromatic rings. The van der Waals surface area contributed by atoms with E-state index in [2.05, 4.69) is 10.6 Å². The SMILES string of the molecule is CC(C)CCNC(=O)C1(C(=O)Nc2ccc(F)c(F)c2F)CC1. The van der Waals surface area contributed by atoms with Crippen LogP contribution in [0.4, 0.5) is 18.9 Å². The van der Waals surface area contributed by atoms with Crippen molar-refractivity contribution in [2.75, 3.05) is 11.9 Å². The molecule has 1 aliphatic carbocycles. The van der Waals surface area contributed by atoms with E-state index < -0.39 is 40.4 Å². The molecular formula is C16H19F3N2O2. The first-order valence-corrected chi connectivity index (χ1v) is 7.51. The van der Waals surface area contributed by atoms with Crippen LogP contribution < -0.4 is 10.6 Å². The van der Waals surface area contributed by atoms with Crippen LogP contribution in [0.15, 0.2) is 12.1 Å². The number of anilines is 1. The highest BCUT2D eigenvalue weighted by Gasteiger charge is 2.56. The topological polar surface area (TPSA) is 58.2 Å². The molecule has 4 nitrogen and oxygen atoms in total. The summed E-state index contributed by atoms with van der Waals surface area (Å²) >= 11 is 0. The minimum atomic E-state index is -1.66. The zero-order chi connectivity index (χ0) is 17.2. The predicted molar refractivity (Wildman–Crippen MR) is 79.1 cm³/mol. The van der Waals surface area contributed by atoms with Crippen LogP contribution in [-0.2, 0) is 9.59 Å². The van der Waals surface area contributed by atoms with Crippen LogP contribution in [0.1, 0.15) is 33.1 Å². The van der Waals surface area contributed by atoms with Gasteiger partial charge >= 0.3 is 0 Å². The number of carbonyl (C=O) groups excluding carboxylic acids is 2. The summed E-state index contributed by atoms with van der Waals surface area (Å²) in [4.78, 5) is 24.4. The largest absolute Gasteiger partial charge is 0.355 e. The van der Waals surface area contributed by atoms with Crippen molar-refractivity contribution in [1.82, 2.24) is 5.32 Å². The van der Waals surface area contributed by atoms with Gasteiger partial charge in [-0.25, -0.2) is 13.2 Å². The molecule has 126 valence electrons. The third kappa shape index (κ3) is 3.65. The fourth-order valence-electron chi connectivity index (χ4n) is 2.19. The van der Waals surface area contributed by atoms with Gasteiger partial charge in [0.2, 0.25) is 11.8 Å². The zero-order valence-electron chi connectivity index (χ0n) is 13.0. The molecule has 0 heterocycles. The summed E-state index contributed by atoms with van der Waals surface area (Å²) in [6.07, 6.45) is 1.47. The van der Waals surface area contributed by atoms with Gasteiger partial charge in [0.25, 0.3) is 0 Å². The fourth-order valence-corrected chi connectivity index (χ4v) is 2.19. The molecule has 1 aliphatic rings. The smallest absolute Gasteiger partial charge is 0.240 e. The Labute approximate surface area is 132 Å². The molecule has 0 aromatic heterocycles. The van der Waals surface area contributed by atoms with E-state index in [1.807, 2.05) is 13.8 Å². The molecule has 1 aromatic carbocycles. The molecule has 1 fully saturated rings. The lowest BCUT2D eigenvalue weighted by Crippen LogP contribution is -2.40. The van der Waals surface area contributed by atoms with E-state index in [0.717, 1.165) is 18.6 Å². The first kappa shape index (κ1) is 17.3. The molecule has 0 saturated heterocycles. The van der Waals surface area contributed by atoms with Gasteiger partial charge in [-0.05, 0) is 37.3 Å². The van der Waals surface area contributed by atoms with Crippen LogP contribution in [0.25, 0.3) is 0 Å². The Morgan fingerprint density at radius 2 is 1.78 bits per heavy atom. The van der Waals surface area contributed by atoms with Crippen LogP contribution in [0.2, 0.25) is 0 Å². The minimum absolute atomic E-state index is 0.345. The highest BCUT2D eigenvalue weighted by atomic mass is 19.2. The molecule has 0 radical (unpaired) electrons. The van der Waals surface area contributed by atoms with Crippen LogP contribution in [0.3, 0.4) is 0 Å². The van der Waals surface area contributed by atoms with E-state index in [9.17, 15) is 22.8 Å². The minimum Gasteiger partial charge on any atom is -0.355 e. The highest BCUT2D eigenvalue weighted by Crippen LogP contribution is 2.47. The number of benzene rings is 1. The molecule has 0 atom stereocenters. The maximum Gasteiger partial charge on any atom is 0.240 e. The van der Waals surface area contributed by atoms with Crippen molar-refractivity contribution in [1.29, 1.82) is 0 Å². The second-order valence-electron chi connectivity index (χ2n) is 6.20. The van der Waals surface area contributed by atoms with Gasteiger partial charge in [-0.15, -0.1) is 0 Å². The molecule has 0 spiro atoms. The Bertz CT molecular complexity index is 628. The number of amides is 2. The standard InChI is InChI=1S/C16H19F3N2O2/c1-9(2)5-8-20-14(22)16(6-7-16)15(23)21-11-4-3-10(17)12(18)13(11)19/h3-4,9H,5-8H2,1-2H3,(H,20,22)(H,21,23). The first-order valence-electron chi connectivity index (χ1n) is 7.51. The second kappa shape index (κ2) is 6.60. The maximum atomic E-state index is 13.6. The first-order chi connectivity index (χ1) is 10.8. The van der Waals surface area contributed by atoms with Crippen molar-refractivity contribution >= 4 is 17.5 Å². The Hall–Kier alpha value is -2.05. The van der Waals surface area contributed by atoms with Crippen molar-refractivity contribution in [2.45, 2.75) is 33.1 Å². The lowest BCUT2D eigenvalue weighted by Gasteiger charge is -2.16. The molecule has 2 N–H and O–H groups in total. The van der Waals surface area contributed by atoms with Crippen molar-refractivity contribution in [3.8, 4) is 0 Å². The van der Waals surface area contributed by atoms with Crippen LogP contribution >= 0.6 is 0 Å². The summed E-state index contributed by atoms with van der Waals surface area (Å²) in [6, 6.07) is 1.65. The van der Waals surface area contributed by atoms with Gasteiger partial charge in [0.15, 0.2) is 17.5 Å². The van der Waals surface area contributed by atoms with E-state index in [-0.39, 0.29) is 0 Å². The lowest BCUT2D eigenvalue weighted by atomic mass is 10.0. The third-order valence-electron chi connectivity index (χ3n) is 3.91. The van der Waals surface area contributed by atoms with Gasteiger partial charge in [-0.3, -0.25) is 9.59 Å². The van der Waals surface area contributed by atoms with Gasteiger partial charge in [0, 0.05) is 6.54 Å². The van der Waals surface area contributed by atoms with Crippen molar-refractivity contribution in [3.05, 3.63) is 29.6 Å². The molecule has 2 amide bonds. The second-order valence-corrected chi connectivity index (χ2v) is 6.20. The molecular weight excluding hydrogens is 309 g/mol. The summed E-state index contributed by atoms with van der Waals surface area (Å²) in [7, 11) is 0. The monoisotopic (exact) mass is 328 g/mol. The Kier molecular flexibility index (Phi) is 4.97. The van der Waals surface area contributed by atoms with Gasteiger partial charge < -0.3 is 10.6 Å². The maximum absolute atomic E-state index is 13.6. The third-order valence-corrected chi connectivity index (χ3v) is 3.91. The zero-order valence-corrected chi connectivity index (χ0v) is 13.0. The summed E-state index contributed by atoms with van der Waals surface area (Å²) in [5.74, 6) is -5.19. The number of nitrogens with one attached hydrogen (secondary N) is 2. The Balaban J connectivity index is 2.03. The van der Waals surface area contributed by atoms with E-state index >= 15 is 0 Å². The van der Waals surface area contributed by atoms with Gasteiger partial charge in [-0.1, -0.05) is 13.8 Å². The van der Waals surface area contributed by atoms with Gasteiger partial charge in [0.05, 0.1) is 5.69 Å². The van der Waals surface area contributed by atoms with Crippen molar-refractivity contribution < 1.29 is 22.8 Å². The van der Waals surface area contributed by atoms with Crippen molar-refractivity contribution in [2.24, 2.45) is 11.3 Å². The Morgan fingerprint density at radius 3 is 2.35 bits per heavy atom. The van der Waals surface area contributed by atoms with Crippen LogP contribution in [-0.4, -0.2) is 18.4 Å². The number of halogens is 3. The average molecular weight is 328 g/mol. The highest BCUT2D eigenvalue weighted by molar-refractivity contribution is 6.13. The summed E-state index contributed by atoms with van der Waals surface area (Å²) in [6.45, 7) is 4.47. The molecule has 0 unspecified atom stereocenters. The summed E-state index contributed by atoms with van der Waals surface area (Å²) in [5, 5.41) is 4.87. The van der Waals surface area contributed by atoms with E-state index in [1.165, 1.54) is 0 Å². The number of hydrogen-bond donors (Lipinski definition) is 2. The predicted octanol–water partition coefficient (Wildman–Crippen LogP) is 2.98. The summed E-state index contributed by atoms with van der Waals surface area (Å²) in [5.41, 5.74) is -1.72. The quantitative estimate of drug-likeness (QED) is 0.623. The molecule has 0 bridgehead atoms. The Morgan fingerprint density at radius 1 is 1.13 bits per heavy atom. The molecule has 23 heavy (non-hydrogen) atoms. The molecule has 0 aliphatic heterocycles. The number of rotatable bonds is 6.